The van der Waals surface area contributed by atoms with Gasteiger partial charge in [-0.05, 0) is 78.1 Å². The molecular formula is C29H29IN2. The van der Waals surface area contributed by atoms with Crippen molar-refractivity contribution in [2.75, 3.05) is 0 Å². The smallest absolute Gasteiger partial charge is 0.0630 e. The third kappa shape index (κ3) is 6.99. The van der Waals surface area contributed by atoms with E-state index >= 15 is 0 Å². The molecule has 2 aromatic carbocycles. The number of alkyl halides is 1. The summed E-state index contributed by atoms with van der Waals surface area (Å²) in [5, 5.41) is 0. The summed E-state index contributed by atoms with van der Waals surface area (Å²) in [4.78, 5) is 9.22. The van der Waals surface area contributed by atoms with Crippen LogP contribution in [0.2, 0.25) is 0 Å². The van der Waals surface area contributed by atoms with Crippen molar-refractivity contribution in [1.82, 2.24) is 0 Å². The molecule has 0 N–H and O–H groups in total. The summed E-state index contributed by atoms with van der Waals surface area (Å²) < 4.78 is 0.605. The minimum Gasteiger partial charge on any atom is -0.256 e. The number of rotatable bonds is 7. The second-order valence-corrected chi connectivity index (χ2v) is 10.0. The first-order chi connectivity index (χ1) is 15.6. The summed E-state index contributed by atoms with van der Waals surface area (Å²) in [6.07, 6.45) is 21.4. The lowest BCUT2D eigenvalue weighted by Crippen LogP contribution is -1.96. The van der Waals surface area contributed by atoms with E-state index in [0.29, 0.717) is 9.84 Å². The predicted octanol–water partition coefficient (Wildman–Crippen LogP) is 8.09. The van der Waals surface area contributed by atoms with Gasteiger partial charge in [-0.25, -0.2) is 0 Å². The summed E-state index contributed by atoms with van der Waals surface area (Å²) in [5.41, 5.74) is 7.06. The monoisotopic (exact) mass is 532 g/mol. The lowest BCUT2D eigenvalue weighted by molar-refractivity contribution is 0.734. The Labute approximate surface area is 205 Å². The summed E-state index contributed by atoms with van der Waals surface area (Å²) in [6, 6.07) is 17.2. The maximum absolute atomic E-state index is 4.61. The van der Waals surface area contributed by atoms with E-state index < -0.39 is 0 Å². The number of hydrogen-bond donors (Lipinski definition) is 0. The van der Waals surface area contributed by atoms with Gasteiger partial charge in [-0.1, -0.05) is 90.2 Å². The molecule has 2 aromatic rings. The molecule has 0 bridgehead atoms. The molecule has 0 saturated heterocycles. The lowest BCUT2D eigenvalue weighted by atomic mass is 9.99. The number of nitrogens with zero attached hydrogens (tertiary/aromatic N) is 2. The predicted molar refractivity (Wildman–Crippen MR) is 147 cm³/mol. The molecule has 2 nitrogen and oxygen atoms in total. The molecule has 4 rings (SSSR count). The zero-order valence-corrected chi connectivity index (χ0v) is 20.7. The van der Waals surface area contributed by atoms with Gasteiger partial charge in [-0.2, -0.15) is 0 Å². The van der Waals surface area contributed by atoms with Crippen LogP contribution in [0, 0.1) is 5.92 Å². The van der Waals surface area contributed by atoms with Gasteiger partial charge in [0.05, 0.1) is 11.4 Å². The van der Waals surface area contributed by atoms with Crippen molar-refractivity contribution in [3.05, 3.63) is 107 Å². The fourth-order valence-corrected chi connectivity index (χ4v) is 4.09. The maximum Gasteiger partial charge on any atom is 0.0630 e. The van der Waals surface area contributed by atoms with E-state index in [-0.39, 0.29) is 0 Å². The molecule has 0 aliphatic heterocycles. The summed E-state index contributed by atoms with van der Waals surface area (Å²) >= 11 is 2.45. The maximum atomic E-state index is 4.61. The Morgan fingerprint density at radius 2 is 1.25 bits per heavy atom. The highest BCUT2D eigenvalue weighted by atomic mass is 127. The van der Waals surface area contributed by atoms with E-state index in [0.717, 1.165) is 37.1 Å². The second-order valence-electron chi connectivity index (χ2n) is 8.44. The molecule has 2 atom stereocenters. The largest absolute Gasteiger partial charge is 0.256 e. The van der Waals surface area contributed by atoms with Crippen molar-refractivity contribution >= 4 is 46.4 Å². The number of allylic oxidation sites excluding steroid dienone is 8. The van der Waals surface area contributed by atoms with Crippen molar-refractivity contribution in [2.24, 2.45) is 15.9 Å². The van der Waals surface area contributed by atoms with E-state index in [1.807, 2.05) is 12.4 Å². The zero-order valence-electron chi connectivity index (χ0n) is 18.5. The van der Waals surface area contributed by atoms with Gasteiger partial charge in [0.2, 0.25) is 0 Å². The molecule has 0 fully saturated rings. The molecule has 0 heterocycles. The SMILES string of the molecule is CC1C=CC(C=Nc2ccc(CCc3ccc(N=CC4=CCC(I)C=C4)cc3)cc2)=CC1. The number of hydrogen-bond acceptors (Lipinski definition) is 2. The normalized spacial score (nSPS) is 20.7. The minimum absolute atomic E-state index is 0.605. The molecule has 162 valence electrons. The Bertz CT molecular complexity index is 993. The van der Waals surface area contributed by atoms with Crippen LogP contribution < -0.4 is 0 Å². The molecule has 0 aromatic heterocycles. The van der Waals surface area contributed by atoms with E-state index in [2.05, 4.69) is 124 Å². The summed E-state index contributed by atoms with van der Waals surface area (Å²) in [5.74, 6) is 0.635. The summed E-state index contributed by atoms with van der Waals surface area (Å²) in [6.45, 7) is 2.23. The number of benzene rings is 2. The van der Waals surface area contributed by atoms with Crippen LogP contribution in [-0.2, 0) is 12.8 Å². The van der Waals surface area contributed by atoms with Gasteiger partial charge in [0.15, 0.2) is 0 Å². The quantitative estimate of drug-likeness (QED) is 0.196. The van der Waals surface area contributed by atoms with Crippen LogP contribution in [0.25, 0.3) is 0 Å². The van der Waals surface area contributed by atoms with Crippen LogP contribution in [0.3, 0.4) is 0 Å². The molecule has 2 aliphatic carbocycles. The van der Waals surface area contributed by atoms with Crippen LogP contribution in [0.15, 0.2) is 106 Å². The Morgan fingerprint density at radius 3 is 1.69 bits per heavy atom. The minimum atomic E-state index is 0.605. The third-order valence-corrected chi connectivity index (χ3v) is 6.64. The molecule has 32 heavy (non-hydrogen) atoms. The van der Waals surface area contributed by atoms with Gasteiger partial charge >= 0.3 is 0 Å². The highest BCUT2D eigenvalue weighted by Gasteiger charge is 2.03. The first-order valence-corrected chi connectivity index (χ1v) is 12.6. The average Bonchev–Trinajstić information content (AvgIpc) is 2.83. The van der Waals surface area contributed by atoms with Crippen LogP contribution in [-0.4, -0.2) is 16.4 Å². The van der Waals surface area contributed by atoms with Gasteiger partial charge in [0.25, 0.3) is 0 Å². The van der Waals surface area contributed by atoms with Crippen LogP contribution in [0.4, 0.5) is 11.4 Å². The van der Waals surface area contributed by atoms with Gasteiger partial charge in [0, 0.05) is 16.4 Å². The van der Waals surface area contributed by atoms with Crippen molar-refractivity contribution in [1.29, 1.82) is 0 Å². The van der Waals surface area contributed by atoms with Crippen molar-refractivity contribution < 1.29 is 0 Å². The van der Waals surface area contributed by atoms with Crippen molar-refractivity contribution in [3.8, 4) is 0 Å². The summed E-state index contributed by atoms with van der Waals surface area (Å²) in [7, 11) is 0. The zero-order chi connectivity index (χ0) is 22.2. The number of halogens is 1. The van der Waals surface area contributed by atoms with Gasteiger partial charge in [0.1, 0.15) is 0 Å². The molecule has 0 radical (unpaired) electrons. The Kier molecular flexibility index (Phi) is 8.05. The standard InChI is InChI=1S/C29H29IN2/c1-22-2-4-25(5-3-22)20-31-28-16-10-23(11-17-28)6-7-24-12-18-29(19-13-24)32-21-26-8-14-27(30)15-9-26/h2,4-5,8-14,16-22,27H,3,6-7,15H2,1H3. The molecule has 0 saturated carbocycles. The van der Waals surface area contributed by atoms with Gasteiger partial charge < -0.3 is 0 Å². The molecule has 0 amide bonds. The molecule has 0 spiro atoms. The first kappa shape index (κ1) is 22.7. The fraction of sp³-hybridized carbons (Fsp3) is 0.241. The number of aryl methyl sites for hydroxylation is 2. The number of aliphatic imine (C=N–C) groups is 2. The highest BCUT2D eigenvalue weighted by molar-refractivity contribution is 14.1. The average molecular weight is 532 g/mol. The van der Waals surface area contributed by atoms with E-state index in [4.69, 9.17) is 0 Å². The van der Waals surface area contributed by atoms with Gasteiger partial charge in [-0.3, -0.25) is 9.98 Å². The van der Waals surface area contributed by atoms with Gasteiger partial charge in [-0.15, -0.1) is 0 Å². The molecule has 2 aliphatic rings. The van der Waals surface area contributed by atoms with E-state index in [1.165, 1.54) is 22.3 Å². The fourth-order valence-electron chi connectivity index (χ4n) is 3.63. The highest BCUT2D eigenvalue weighted by Crippen LogP contribution is 2.20. The first-order valence-electron chi connectivity index (χ1n) is 11.3. The third-order valence-electron chi connectivity index (χ3n) is 5.72. The Morgan fingerprint density at radius 1 is 0.750 bits per heavy atom. The van der Waals surface area contributed by atoms with Crippen molar-refractivity contribution in [2.45, 2.75) is 36.5 Å². The van der Waals surface area contributed by atoms with E-state index in [9.17, 15) is 0 Å². The molecular weight excluding hydrogens is 503 g/mol. The van der Waals surface area contributed by atoms with Crippen LogP contribution in [0.1, 0.15) is 30.9 Å². The Balaban J connectivity index is 1.26. The van der Waals surface area contributed by atoms with Crippen molar-refractivity contribution in [3.63, 3.8) is 0 Å². The molecule has 2 unspecified atom stereocenters. The molecule has 3 heteroatoms. The van der Waals surface area contributed by atoms with Crippen LogP contribution >= 0.6 is 22.6 Å². The lowest BCUT2D eigenvalue weighted by Gasteiger charge is -2.08. The second kappa shape index (κ2) is 11.4. The van der Waals surface area contributed by atoms with Crippen LogP contribution in [0.5, 0.6) is 0 Å². The Hall–Kier alpha value is -2.53. The van der Waals surface area contributed by atoms with E-state index in [1.54, 1.807) is 0 Å². The topological polar surface area (TPSA) is 24.7 Å².